The van der Waals surface area contributed by atoms with Gasteiger partial charge in [0.15, 0.2) is 0 Å². The summed E-state index contributed by atoms with van der Waals surface area (Å²) in [6.45, 7) is 4.80. The summed E-state index contributed by atoms with van der Waals surface area (Å²) < 4.78 is 0. The number of hydrogen-bond donors (Lipinski definition) is 5. The number of aliphatic hydroxyl groups is 3. The molecule has 0 aliphatic heterocycles. The Morgan fingerprint density at radius 1 is 0.963 bits per heavy atom. The van der Waals surface area contributed by atoms with E-state index in [-0.39, 0.29) is 25.9 Å². The molecule has 0 amide bonds. The van der Waals surface area contributed by atoms with E-state index >= 15 is 0 Å². The molecule has 8 heteroatoms. The van der Waals surface area contributed by atoms with Gasteiger partial charge in [-0.1, -0.05) is 39.0 Å². The lowest BCUT2D eigenvalue weighted by Gasteiger charge is -2.17. The van der Waals surface area contributed by atoms with Gasteiger partial charge >= 0.3 is 5.97 Å². The van der Waals surface area contributed by atoms with Gasteiger partial charge in [-0.3, -0.25) is 9.69 Å². The maximum atomic E-state index is 10.9. The van der Waals surface area contributed by atoms with Crippen LogP contribution in [0.15, 0.2) is 0 Å². The van der Waals surface area contributed by atoms with Crippen molar-refractivity contribution in [2.24, 2.45) is 0 Å². The molecule has 0 saturated heterocycles. The molecule has 0 fully saturated rings. The van der Waals surface area contributed by atoms with E-state index in [4.69, 9.17) is 20.4 Å². The topological polar surface area (TPSA) is 113 Å². The number of aliphatic carboxylic acids is 1. The molecule has 27 heavy (non-hydrogen) atoms. The van der Waals surface area contributed by atoms with E-state index < -0.39 is 5.97 Å². The highest BCUT2D eigenvalue weighted by Crippen LogP contribution is 2.05. The van der Waals surface area contributed by atoms with E-state index in [0.29, 0.717) is 26.1 Å². The monoisotopic (exact) mass is 410 g/mol. The minimum absolute atomic E-state index is 0.0694. The number of unbranched alkanes of at least 4 members (excludes halogenated alkanes) is 5. The quantitative estimate of drug-likeness (QED) is 0.216. The van der Waals surface area contributed by atoms with Gasteiger partial charge in [-0.25, -0.2) is 0 Å². The van der Waals surface area contributed by atoms with Crippen LogP contribution in [0, 0.1) is 0 Å². The van der Waals surface area contributed by atoms with Gasteiger partial charge in [0, 0.05) is 19.6 Å². The normalized spacial score (nSPS) is 11.9. The summed E-state index contributed by atoms with van der Waals surface area (Å²) in [5.41, 5.74) is 0. The molecule has 0 aliphatic carbocycles. The predicted octanol–water partition coefficient (Wildman–Crippen LogP) is 1.41. The highest BCUT2D eigenvalue weighted by molar-refractivity contribution is 7.98. The van der Waals surface area contributed by atoms with Gasteiger partial charge in [-0.15, -0.1) is 0 Å². The molecule has 7 nitrogen and oxygen atoms in total. The molecule has 0 saturated carbocycles. The molecule has 5 N–H and O–H groups in total. The standard InChI is InChI=1S/C13H27NO2S.C6H15NO3/c1-3-4-5-6-7-8-10-14-12(13(15)16)9-11-17-2;8-4-1-7(2-5-9)3-6-10/h12,14H,3-11H2,1-2H3,(H,15,16);8-10H,1-6H2. The smallest absolute Gasteiger partial charge is 0.320 e. The summed E-state index contributed by atoms with van der Waals surface area (Å²) in [4.78, 5) is 12.7. The summed E-state index contributed by atoms with van der Waals surface area (Å²) in [6, 6.07) is -0.363. The third kappa shape index (κ3) is 21.8. The minimum atomic E-state index is -0.718. The van der Waals surface area contributed by atoms with Crippen LogP contribution in [0.1, 0.15) is 51.9 Å². The first-order valence-electron chi connectivity index (χ1n) is 10.1. The van der Waals surface area contributed by atoms with Crippen molar-refractivity contribution in [3.05, 3.63) is 0 Å². The fourth-order valence-electron chi connectivity index (χ4n) is 2.49. The lowest BCUT2D eigenvalue weighted by molar-refractivity contribution is -0.139. The number of carboxylic acid groups (broad SMARTS) is 1. The Kier molecular flexibility index (Phi) is 25.3. The van der Waals surface area contributed by atoms with Gasteiger partial charge in [0.25, 0.3) is 0 Å². The Morgan fingerprint density at radius 2 is 1.48 bits per heavy atom. The van der Waals surface area contributed by atoms with Crippen LogP contribution in [0.3, 0.4) is 0 Å². The molecular weight excluding hydrogens is 368 g/mol. The molecule has 0 aromatic carbocycles. The number of nitrogens with one attached hydrogen (secondary N) is 1. The fourth-order valence-corrected chi connectivity index (χ4v) is 2.96. The van der Waals surface area contributed by atoms with E-state index in [1.807, 2.05) is 6.26 Å². The van der Waals surface area contributed by atoms with Crippen LogP contribution >= 0.6 is 11.8 Å². The number of hydrogen-bond acceptors (Lipinski definition) is 7. The number of rotatable bonds is 18. The average Bonchev–Trinajstić information content (AvgIpc) is 2.64. The zero-order valence-electron chi connectivity index (χ0n) is 17.2. The van der Waals surface area contributed by atoms with Crippen molar-refractivity contribution in [3.8, 4) is 0 Å². The molecule has 0 rings (SSSR count). The van der Waals surface area contributed by atoms with Crippen LogP contribution in [-0.2, 0) is 4.79 Å². The SMILES string of the molecule is CCCCCCCCNC(CCSC)C(=O)O.OCCN(CCO)CCO. The highest BCUT2D eigenvalue weighted by atomic mass is 32.2. The van der Waals surface area contributed by atoms with Crippen molar-refractivity contribution in [2.45, 2.75) is 57.9 Å². The minimum Gasteiger partial charge on any atom is -0.480 e. The van der Waals surface area contributed by atoms with E-state index in [1.54, 1.807) is 16.7 Å². The Bertz CT molecular complexity index is 298. The predicted molar refractivity (Wildman–Crippen MR) is 113 cm³/mol. The Balaban J connectivity index is 0. The third-order valence-electron chi connectivity index (χ3n) is 4.08. The van der Waals surface area contributed by atoms with Gasteiger partial charge in [-0.05, 0) is 31.4 Å². The van der Waals surface area contributed by atoms with Crippen LogP contribution in [0.2, 0.25) is 0 Å². The number of thioether (sulfide) groups is 1. The summed E-state index contributed by atoms with van der Waals surface area (Å²) in [5.74, 6) is 0.186. The molecule has 0 heterocycles. The fraction of sp³-hybridized carbons (Fsp3) is 0.947. The first-order chi connectivity index (χ1) is 13.1. The van der Waals surface area contributed by atoms with Crippen molar-refractivity contribution in [1.29, 1.82) is 0 Å². The van der Waals surface area contributed by atoms with Crippen molar-refractivity contribution in [3.63, 3.8) is 0 Å². The number of carboxylic acids is 1. The largest absolute Gasteiger partial charge is 0.480 e. The van der Waals surface area contributed by atoms with Crippen LogP contribution in [-0.4, -0.2) is 95.3 Å². The zero-order valence-corrected chi connectivity index (χ0v) is 18.1. The molecule has 0 radical (unpaired) electrons. The van der Waals surface area contributed by atoms with Gasteiger partial charge < -0.3 is 25.7 Å². The average molecular weight is 411 g/mol. The summed E-state index contributed by atoms with van der Waals surface area (Å²) in [7, 11) is 0. The molecule has 0 aromatic rings. The van der Waals surface area contributed by atoms with E-state index in [9.17, 15) is 4.79 Å². The first-order valence-corrected chi connectivity index (χ1v) is 11.5. The third-order valence-corrected chi connectivity index (χ3v) is 4.72. The molecule has 0 aromatic heterocycles. The maximum absolute atomic E-state index is 10.9. The molecule has 0 bridgehead atoms. The Labute approximate surface area is 169 Å². The zero-order chi connectivity index (χ0) is 20.8. The van der Waals surface area contributed by atoms with Crippen molar-refractivity contribution in [1.82, 2.24) is 10.2 Å². The second-order valence-corrected chi connectivity index (χ2v) is 7.39. The highest BCUT2D eigenvalue weighted by Gasteiger charge is 2.15. The van der Waals surface area contributed by atoms with E-state index in [1.165, 1.54) is 32.1 Å². The first kappa shape index (κ1) is 28.8. The van der Waals surface area contributed by atoms with Gasteiger partial charge in [0.1, 0.15) is 6.04 Å². The lowest BCUT2D eigenvalue weighted by atomic mass is 10.1. The summed E-state index contributed by atoms with van der Waals surface area (Å²) >= 11 is 1.70. The second-order valence-electron chi connectivity index (χ2n) is 6.41. The molecule has 164 valence electrons. The molecule has 0 aliphatic rings. The summed E-state index contributed by atoms with van der Waals surface area (Å²) in [5, 5.41) is 37.6. The number of aliphatic hydroxyl groups excluding tert-OH is 3. The van der Waals surface area contributed by atoms with Gasteiger partial charge in [-0.2, -0.15) is 11.8 Å². The Hall–Kier alpha value is -0.380. The van der Waals surface area contributed by atoms with Crippen LogP contribution < -0.4 is 5.32 Å². The van der Waals surface area contributed by atoms with Gasteiger partial charge in [0.2, 0.25) is 0 Å². The molecule has 1 unspecified atom stereocenters. The van der Waals surface area contributed by atoms with Gasteiger partial charge in [0.05, 0.1) is 19.8 Å². The lowest BCUT2D eigenvalue weighted by Crippen LogP contribution is -2.37. The van der Waals surface area contributed by atoms with Crippen LogP contribution in [0.4, 0.5) is 0 Å². The maximum Gasteiger partial charge on any atom is 0.320 e. The van der Waals surface area contributed by atoms with Crippen molar-refractivity contribution >= 4 is 17.7 Å². The van der Waals surface area contributed by atoms with Crippen LogP contribution in [0.5, 0.6) is 0 Å². The van der Waals surface area contributed by atoms with Crippen molar-refractivity contribution < 1.29 is 25.2 Å². The van der Waals surface area contributed by atoms with Crippen LogP contribution in [0.25, 0.3) is 0 Å². The Morgan fingerprint density at radius 3 is 1.93 bits per heavy atom. The van der Waals surface area contributed by atoms with E-state index in [2.05, 4.69) is 12.2 Å². The molecule has 0 spiro atoms. The second kappa shape index (κ2) is 23.7. The molecule has 1 atom stereocenters. The summed E-state index contributed by atoms with van der Waals surface area (Å²) in [6.07, 6.45) is 10.2. The molecular formula is C19H42N2O5S. The number of nitrogens with zero attached hydrogens (tertiary/aromatic N) is 1. The van der Waals surface area contributed by atoms with E-state index in [0.717, 1.165) is 18.7 Å². The number of carbonyl (C=O) groups is 1. The van der Waals surface area contributed by atoms with Crippen molar-refractivity contribution in [2.75, 3.05) is 58.0 Å².